The molecule has 0 fully saturated rings. The number of halogens is 1. The van der Waals surface area contributed by atoms with Crippen LogP contribution in [-0.4, -0.2) is 25.9 Å². The van der Waals surface area contributed by atoms with Crippen LogP contribution in [0.25, 0.3) is 0 Å². The van der Waals surface area contributed by atoms with Gasteiger partial charge in [0.1, 0.15) is 11.0 Å². The Morgan fingerprint density at radius 2 is 2.04 bits per heavy atom. The van der Waals surface area contributed by atoms with Gasteiger partial charge in [0.2, 0.25) is 0 Å². The number of fused-ring (bicyclic) bond motifs is 1. The minimum atomic E-state index is -3.93. The molecular formula is C18H21ClN2O4S. The van der Waals surface area contributed by atoms with Crippen molar-refractivity contribution in [3.8, 4) is 5.75 Å². The average molecular weight is 397 g/mol. The highest BCUT2D eigenvalue weighted by atomic mass is 35.5. The first-order valence-electron chi connectivity index (χ1n) is 8.40. The summed E-state index contributed by atoms with van der Waals surface area (Å²) in [6.07, 6.45) is -0.177. The molecule has 140 valence electrons. The summed E-state index contributed by atoms with van der Waals surface area (Å²) >= 11 is 6.09. The van der Waals surface area contributed by atoms with Gasteiger partial charge in [0.15, 0.2) is 12.0 Å². The summed E-state index contributed by atoms with van der Waals surface area (Å²) in [7, 11) is -3.93. The topological polar surface area (TPSA) is 87.7 Å². The van der Waals surface area contributed by atoms with Crippen LogP contribution in [0.1, 0.15) is 25.8 Å². The van der Waals surface area contributed by atoms with Crippen LogP contribution in [0.2, 0.25) is 5.02 Å². The maximum Gasteiger partial charge on any atom is 0.265 e. The number of nitrogens with one attached hydrogen (secondary N) is 2. The summed E-state index contributed by atoms with van der Waals surface area (Å²) in [4.78, 5) is -0.0697. The zero-order valence-corrected chi connectivity index (χ0v) is 16.1. The molecule has 2 atom stereocenters. The molecule has 3 N–H and O–H groups in total. The van der Waals surface area contributed by atoms with Crippen molar-refractivity contribution in [3.63, 3.8) is 0 Å². The molecule has 0 saturated carbocycles. The zero-order chi connectivity index (χ0) is 18.9. The summed E-state index contributed by atoms with van der Waals surface area (Å²) in [6, 6.07) is 10.1. The molecule has 0 saturated heterocycles. The van der Waals surface area contributed by atoms with Gasteiger partial charge < -0.3 is 15.2 Å². The van der Waals surface area contributed by atoms with Gasteiger partial charge in [-0.05, 0) is 42.7 Å². The molecule has 3 rings (SSSR count). The Morgan fingerprint density at radius 3 is 2.73 bits per heavy atom. The Morgan fingerprint density at radius 1 is 1.27 bits per heavy atom. The van der Waals surface area contributed by atoms with E-state index in [1.54, 1.807) is 18.2 Å². The van der Waals surface area contributed by atoms with Crippen molar-refractivity contribution >= 4 is 33.0 Å². The molecule has 2 aromatic carbocycles. The molecule has 8 heteroatoms. The lowest BCUT2D eigenvalue weighted by atomic mass is 10.1. The molecule has 2 unspecified atom stereocenters. The van der Waals surface area contributed by atoms with Crippen molar-refractivity contribution in [2.24, 2.45) is 0 Å². The summed E-state index contributed by atoms with van der Waals surface area (Å²) in [5.74, 6) is 0.158. The number of ether oxygens (including phenoxy) is 1. The fraction of sp³-hybridized carbons (Fsp3) is 0.333. The molecule has 1 aliphatic heterocycles. The molecule has 26 heavy (non-hydrogen) atoms. The van der Waals surface area contributed by atoms with Gasteiger partial charge >= 0.3 is 0 Å². The number of sulfonamides is 1. The highest BCUT2D eigenvalue weighted by molar-refractivity contribution is 7.92. The zero-order valence-electron chi connectivity index (χ0n) is 14.5. The molecule has 2 aromatic rings. The van der Waals surface area contributed by atoms with Crippen LogP contribution in [0.4, 0.5) is 11.4 Å². The average Bonchev–Trinajstić information content (AvgIpc) is 2.60. The van der Waals surface area contributed by atoms with E-state index in [2.05, 4.69) is 10.0 Å². The summed E-state index contributed by atoms with van der Waals surface area (Å²) in [6.45, 7) is 3.84. The Bertz CT molecular complexity index is 917. The van der Waals surface area contributed by atoms with Crippen LogP contribution in [0.15, 0.2) is 41.3 Å². The molecule has 1 aliphatic rings. The second-order valence-corrected chi connectivity index (χ2v) is 8.18. The van der Waals surface area contributed by atoms with Crippen molar-refractivity contribution in [3.05, 3.63) is 47.0 Å². The highest BCUT2D eigenvalue weighted by Crippen LogP contribution is 2.40. The van der Waals surface area contributed by atoms with Crippen molar-refractivity contribution < 1.29 is 18.3 Å². The minimum Gasteiger partial charge on any atom is -0.482 e. The number of aliphatic hydroxyl groups excluding tert-OH is 1. The van der Waals surface area contributed by atoms with E-state index >= 15 is 0 Å². The number of rotatable bonds is 5. The van der Waals surface area contributed by atoms with E-state index in [-0.39, 0.29) is 15.7 Å². The largest absolute Gasteiger partial charge is 0.482 e. The molecular weight excluding hydrogens is 376 g/mol. The first kappa shape index (κ1) is 18.8. The molecule has 0 aliphatic carbocycles. The maximum atomic E-state index is 13.0. The van der Waals surface area contributed by atoms with Crippen LogP contribution in [0.5, 0.6) is 5.75 Å². The third kappa shape index (κ3) is 3.75. The lowest BCUT2D eigenvalue weighted by Gasteiger charge is -2.32. The quantitative estimate of drug-likeness (QED) is 0.718. The fourth-order valence-corrected chi connectivity index (χ4v) is 4.35. The maximum absolute atomic E-state index is 13.0. The normalized spacial score (nSPS) is 19.2. The predicted octanol–water partition coefficient (Wildman–Crippen LogP) is 3.60. The van der Waals surface area contributed by atoms with Crippen LogP contribution in [0.3, 0.4) is 0 Å². The second kappa shape index (κ2) is 7.34. The third-order valence-electron chi connectivity index (χ3n) is 4.22. The van der Waals surface area contributed by atoms with Gasteiger partial charge in [0.05, 0.1) is 5.69 Å². The van der Waals surface area contributed by atoms with E-state index in [0.29, 0.717) is 17.8 Å². The number of hydrogen-bond acceptors (Lipinski definition) is 5. The van der Waals surface area contributed by atoms with Crippen molar-refractivity contribution in [1.29, 1.82) is 0 Å². The van der Waals surface area contributed by atoms with Gasteiger partial charge in [-0.3, -0.25) is 4.72 Å². The smallest absolute Gasteiger partial charge is 0.265 e. The van der Waals surface area contributed by atoms with Gasteiger partial charge in [0.25, 0.3) is 10.0 Å². The van der Waals surface area contributed by atoms with Gasteiger partial charge in [-0.25, -0.2) is 8.42 Å². The molecule has 0 amide bonds. The number of anilines is 2. The Labute approximate surface area is 158 Å². The fourth-order valence-electron chi connectivity index (χ4n) is 2.84. The first-order chi connectivity index (χ1) is 12.3. The Balaban J connectivity index is 2.02. The summed E-state index contributed by atoms with van der Waals surface area (Å²) in [5.41, 5.74) is 1.83. The van der Waals surface area contributed by atoms with Crippen LogP contribution in [0, 0.1) is 0 Å². The molecule has 0 aromatic heterocycles. The van der Waals surface area contributed by atoms with Gasteiger partial charge in [-0.2, -0.15) is 0 Å². The van der Waals surface area contributed by atoms with Gasteiger partial charge in [-0.1, -0.05) is 37.6 Å². The van der Waals surface area contributed by atoms with Crippen molar-refractivity contribution in [1.82, 2.24) is 0 Å². The highest BCUT2D eigenvalue weighted by Gasteiger charge is 2.32. The molecule has 0 bridgehead atoms. The van der Waals surface area contributed by atoms with Crippen molar-refractivity contribution in [2.75, 3.05) is 10.0 Å². The van der Waals surface area contributed by atoms with Gasteiger partial charge in [-0.15, -0.1) is 0 Å². The number of aliphatic hydroxyl groups is 1. The lowest BCUT2D eigenvalue weighted by molar-refractivity contribution is 0.0408. The van der Waals surface area contributed by atoms with E-state index in [1.807, 2.05) is 19.9 Å². The monoisotopic (exact) mass is 396 g/mol. The van der Waals surface area contributed by atoms with E-state index in [0.717, 1.165) is 12.0 Å². The SMILES string of the molecule is CCc1cccc(NS(=O)(=O)c2cc(Cl)cc3c2OC(CC)C(O)N3)c1. The molecule has 6 nitrogen and oxygen atoms in total. The van der Waals surface area contributed by atoms with Crippen molar-refractivity contribution in [2.45, 2.75) is 43.9 Å². The van der Waals surface area contributed by atoms with E-state index in [4.69, 9.17) is 16.3 Å². The minimum absolute atomic E-state index is 0.0697. The molecule has 0 spiro atoms. The Hall–Kier alpha value is -1.96. The lowest BCUT2D eigenvalue weighted by Crippen LogP contribution is -2.41. The third-order valence-corrected chi connectivity index (χ3v) is 5.83. The van der Waals surface area contributed by atoms with E-state index < -0.39 is 22.4 Å². The van der Waals surface area contributed by atoms with Crippen LogP contribution in [-0.2, 0) is 16.4 Å². The number of aryl methyl sites for hydroxylation is 1. The summed E-state index contributed by atoms with van der Waals surface area (Å²) < 4.78 is 34.3. The summed E-state index contributed by atoms with van der Waals surface area (Å²) in [5, 5.41) is 13.1. The number of benzene rings is 2. The number of hydrogen-bond donors (Lipinski definition) is 3. The van der Waals surface area contributed by atoms with E-state index in [1.165, 1.54) is 12.1 Å². The molecule has 1 heterocycles. The van der Waals surface area contributed by atoms with Gasteiger partial charge in [0, 0.05) is 10.7 Å². The van der Waals surface area contributed by atoms with Crippen LogP contribution < -0.4 is 14.8 Å². The standard InChI is InChI=1S/C18H21ClN2O4S/c1-3-11-6-5-7-13(8-11)21-26(23,24)16-10-12(19)9-14-17(16)25-15(4-2)18(22)20-14/h5-10,15,18,20-22H,3-4H2,1-2H3. The van der Waals surface area contributed by atoms with Crippen LogP contribution >= 0.6 is 11.6 Å². The second-order valence-electron chi connectivity index (χ2n) is 6.09. The predicted molar refractivity (Wildman–Crippen MR) is 102 cm³/mol. The molecule has 0 radical (unpaired) electrons. The van der Waals surface area contributed by atoms with E-state index in [9.17, 15) is 13.5 Å². The first-order valence-corrected chi connectivity index (χ1v) is 10.3. The Kier molecular flexibility index (Phi) is 5.32.